The molecule has 1 aromatic rings. The van der Waals surface area contributed by atoms with Crippen LogP contribution in [0.25, 0.3) is 0 Å². The summed E-state index contributed by atoms with van der Waals surface area (Å²) in [7, 11) is 0.818. The summed E-state index contributed by atoms with van der Waals surface area (Å²) in [5.74, 6) is 0.595. The van der Waals surface area contributed by atoms with E-state index in [1.54, 1.807) is 0 Å². The highest BCUT2D eigenvalue weighted by Crippen LogP contribution is 2.19. The quantitative estimate of drug-likeness (QED) is 0.642. The second-order valence-corrected chi connectivity index (χ2v) is 3.86. The van der Waals surface area contributed by atoms with E-state index in [0.29, 0.717) is 5.92 Å². The van der Waals surface area contributed by atoms with Gasteiger partial charge in [-0.25, -0.2) is 0 Å². The molecule has 0 N–H and O–H groups in total. The van der Waals surface area contributed by atoms with Crippen LogP contribution in [-0.2, 0) is 11.0 Å². The van der Waals surface area contributed by atoms with Gasteiger partial charge in [0, 0.05) is 0 Å². The van der Waals surface area contributed by atoms with Crippen LogP contribution in [0.1, 0.15) is 30.9 Å². The van der Waals surface area contributed by atoms with Gasteiger partial charge in [-0.15, -0.1) is 0 Å². The molecule has 0 radical (unpaired) electrons. The molecule has 0 aliphatic heterocycles. The second-order valence-electron chi connectivity index (χ2n) is 3.29. The third-order valence-corrected chi connectivity index (χ3v) is 2.27. The lowest BCUT2D eigenvalue weighted by Crippen LogP contribution is -1.97. The van der Waals surface area contributed by atoms with Crippen LogP contribution in [0, 0.1) is 0 Å². The van der Waals surface area contributed by atoms with Gasteiger partial charge >= 0.3 is 0 Å². The van der Waals surface area contributed by atoms with E-state index < -0.39 is 0 Å². The number of rotatable bonds is 3. The van der Waals surface area contributed by atoms with Gasteiger partial charge in [0.2, 0.25) is 0 Å². The van der Waals surface area contributed by atoms with E-state index in [1.165, 1.54) is 11.1 Å². The first-order valence-corrected chi connectivity index (χ1v) is 5.14. The fourth-order valence-corrected chi connectivity index (χ4v) is 1.70. The van der Waals surface area contributed by atoms with Crippen molar-refractivity contribution >= 4 is 10.5 Å². The van der Waals surface area contributed by atoms with E-state index in [1.807, 2.05) is 0 Å². The minimum Gasteiger partial charge on any atom is -0.424 e. The first-order valence-electron chi connectivity index (χ1n) is 4.32. The maximum Gasteiger partial charge on any atom is 0.146 e. The molecule has 0 bridgehead atoms. The Morgan fingerprint density at radius 3 is 2.58 bits per heavy atom. The van der Waals surface area contributed by atoms with Crippen LogP contribution in [0.3, 0.4) is 0 Å². The first kappa shape index (κ1) is 9.48. The summed E-state index contributed by atoms with van der Waals surface area (Å²) in [6.45, 7) is 5.21. The molecule has 0 saturated carbocycles. The predicted molar refractivity (Wildman–Crippen MR) is 55.3 cm³/mol. The molecule has 1 aromatic carbocycles. The summed E-state index contributed by atoms with van der Waals surface area (Å²) in [5, 5.41) is 0. The van der Waals surface area contributed by atoms with Crippen LogP contribution in [0.15, 0.2) is 24.3 Å². The van der Waals surface area contributed by atoms with E-state index in [-0.39, 0.29) is 0 Å². The average molecular weight is 180 g/mol. The topological polar surface area (TPSA) is 9.23 Å². The van der Waals surface area contributed by atoms with Crippen molar-refractivity contribution in [2.75, 3.05) is 0 Å². The van der Waals surface area contributed by atoms with Crippen molar-refractivity contribution in [1.29, 1.82) is 0 Å². The van der Waals surface area contributed by atoms with Crippen LogP contribution in [0.4, 0.5) is 0 Å². The molecule has 1 rings (SSSR count). The van der Waals surface area contributed by atoms with Gasteiger partial charge in [-0.2, -0.15) is 0 Å². The minimum atomic E-state index is 0.595. The molecule has 0 aromatic heterocycles. The highest BCUT2D eigenvalue weighted by molar-refractivity contribution is 5.97. The zero-order valence-corrected chi connectivity index (χ0v) is 10.0. The summed E-state index contributed by atoms with van der Waals surface area (Å²) < 4.78 is 5.26. The Bertz CT molecular complexity index is 245. The lowest BCUT2D eigenvalue weighted by Gasteiger charge is -2.11. The lowest BCUT2D eigenvalue weighted by molar-refractivity contribution is 0.336. The predicted octanol–water partition coefficient (Wildman–Crippen LogP) is 1.61. The van der Waals surface area contributed by atoms with Gasteiger partial charge in [0.1, 0.15) is 10.5 Å². The Kier molecular flexibility index (Phi) is 3.50. The van der Waals surface area contributed by atoms with Crippen molar-refractivity contribution in [3.8, 4) is 0 Å². The van der Waals surface area contributed by atoms with Gasteiger partial charge in [-0.3, -0.25) is 0 Å². The Morgan fingerprint density at radius 1 is 1.33 bits per heavy atom. The zero-order chi connectivity index (χ0) is 8.97. The summed E-state index contributed by atoms with van der Waals surface area (Å²) in [6, 6.07) is 8.49. The third-order valence-electron chi connectivity index (χ3n) is 1.98. The molecule has 66 valence electrons. The molecule has 0 spiro atoms. The maximum absolute atomic E-state index is 5.26. The van der Waals surface area contributed by atoms with Crippen LogP contribution >= 0.6 is 0 Å². The van der Waals surface area contributed by atoms with Crippen LogP contribution in [0.2, 0.25) is 0 Å². The highest BCUT2D eigenvalue weighted by Gasteiger charge is 2.03. The molecule has 0 atom stereocenters. The smallest absolute Gasteiger partial charge is 0.146 e. The number of hydrogen-bond acceptors (Lipinski definition) is 1. The molecule has 0 fully saturated rings. The van der Waals surface area contributed by atoms with Gasteiger partial charge in [0.25, 0.3) is 0 Å². The summed E-state index contributed by atoms with van der Waals surface area (Å²) in [5.41, 5.74) is 2.75. The molecular formula is C10H16OSi. The molecule has 0 saturated heterocycles. The van der Waals surface area contributed by atoms with E-state index in [0.717, 1.165) is 17.1 Å². The van der Waals surface area contributed by atoms with Gasteiger partial charge < -0.3 is 4.43 Å². The number of hydrogen-bond donors (Lipinski definition) is 0. The fraction of sp³-hybridized carbons (Fsp3) is 0.400. The highest BCUT2D eigenvalue weighted by atomic mass is 28.2. The molecule has 1 nitrogen and oxygen atoms in total. The Balaban J connectivity index is 2.92. The van der Waals surface area contributed by atoms with E-state index in [9.17, 15) is 0 Å². The standard InChI is InChI=1S/C10H16OSi/c1-8(2)10-6-4-3-5-9(10)7-11-12/h3-6,8H,7H2,1-2,12H3. The van der Waals surface area contributed by atoms with Crippen molar-refractivity contribution in [2.24, 2.45) is 0 Å². The fourth-order valence-electron chi connectivity index (χ4n) is 1.38. The minimum absolute atomic E-state index is 0.595. The molecule has 0 heterocycles. The first-order chi connectivity index (χ1) is 5.75. The Labute approximate surface area is 77.3 Å². The van der Waals surface area contributed by atoms with Crippen molar-refractivity contribution in [1.82, 2.24) is 0 Å². The van der Waals surface area contributed by atoms with Gasteiger partial charge in [-0.1, -0.05) is 38.1 Å². The molecule has 12 heavy (non-hydrogen) atoms. The molecular weight excluding hydrogens is 164 g/mol. The van der Waals surface area contributed by atoms with Crippen molar-refractivity contribution in [3.63, 3.8) is 0 Å². The lowest BCUT2D eigenvalue weighted by atomic mass is 9.98. The van der Waals surface area contributed by atoms with Gasteiger partial charge in [0.15, 0.2) is 0 Å². The van der Waals surface area contributed by atoms with E-state index in [2.05, 4.69) is 38.1 Å². The van der Waals surface area contributed by atoms with E-state index in [4.69, 9.17) is 4.43 Å². The molecule has 2 heteroatoms. The van der Waals surface area contributed by atoms with E-state index >= 15 is 0 Å². The second kappa shape index (κ2) is 4.43. The van der Waals surface area contributed by atoms with Crippen LogP contribution < -0.4 is 0 Å². The monoisotopic (exact) mass is 180 g/mol. The maximum atomic E-state index is 5.26. The average Bonchev–Trinajstić information content (AvgIpc) is 2.05. The normalized spacial score (nSPS) is 10.9. The van der Waals surface area contributed by atoms with Crippen LogP contribution in [0.5, 0.6) is 0 Å². The van der Waals surface area contributed by atoms with Crippen molar-refractivity contribution in [3.05, 3.63) is 35.4 Å². The van der Waals surface area contributed by atoms with Crippen LogP contribution in [-0.4, -0.2) is 10.5 Å². The van der Waals surface area contributed by atoms with Gasteiger partial charge in [-0.05, 0) is 17.0 Å². The Hall–Kier alpha value is -0.603. The summed E-state index contributed by atoms with van der Waals surface area (Å²) in [6.07, 6.45) is 0. The van der Waals surface area contributed by atoms with Crippen molar-refractivity contribution < 1.29 is 4.43 Å². The largest absolute Gasteiger partial charge is 0.424 e. The molecule has 0 aliphatic carbocycles. The number of benzene rings is 1. The summed E-state index contributed by atoms with van der Waals surface area (Å²) in [4.78, 5) is 0. The third kappa shape index (κ3) is 2.19. The van der Waals surface area contributed by atoms with Gasteiger partial charge in [0.05, 0.1) is 6.61 Å². The zero-order valence-electron chi connectivity index (χ0n) is 8.00. The molecule has 0 aliphatic rings. The summed E-state index contributed by atoms with van der Waals surface area (Å²) >= 11 is 0. The molecule has 0 unspecified atom stereocenters. The van der Waals surface area contributed by atoms with Crippen molar-refractivity contribution in [2.45, 2.75) is 26.4 Å². The SMILES string of the molecule is CC(C)c1ccccc1CO[SiH3]. The molecule has 0 amide bonds. The Morgan fingerprint density at radius 2 is 2.00 bits per heavy atom.